The number of amides is 1. The van der Waals surface area contributed by atoms with E-state index in [1.165, 1.54) is 11.0 Å². The second-order valence-corrected chi connectivity index (χ2v) is 5.16. The van der Waals surface area contributed by atoms with Crippen molar-refractivity contribution in [1.82, 2.24) is 0 Å². The first-order valence-corrected chi connectivity index (χ1v) is 7.23. The summed E-state index contributed by atoms with van der Waals surface area (Å²) < 4.78 is 5.01. The Bertz CT molecular complexity index is 761. The first-order chi connectivity index (χ1) is 11.2. The van der Waals surface area contributed by atoms with Crippen LogP contribution in [-0.4, -0.2) is 30.5 Å². The van der Waals surface area contributed by atoms with Gasteiger partial charge in [-0.3, -0.25) is 9.69 Å². The van der Waals surface area contributed by atoms with Gasteiger partial charge in [-0.15, -0.1) is 0 Å². The average Bonchev–Trinajstić information content (AvgIpc) is 2.83. The molecule has 0 aromatic heterocycles. The van der Waals surface area contributed by atoms with Crippen LogP contribution < -0.4 is 15.6 Å². The quantitative estimate of drug-likeness (QED) is 0.904. The highest BCUT2D eigenvalue weighted by molar-refractivity contribution is 5.90. The molecule has 0 bridgehead atoms. The summed E-state index contributed by atoms with van der Waals surface area (Å²) in [6.07, 6.45) is -0.964. The molecule has 23 heavy (non-hydrogen) atoms. The van der Waals surface area contributed by atoms with Crippen molar-refractivity contribution in [2.24, 2.45) is 0 Å². The van der Waals surface area contributed by atoms with Crippen LogP contribution in [0, 0.1) is 0 Å². The second-order valence-electron chi connectivity index (χ2n) is 5.16. The van der Waals surface area contributed by atoms with E-state index < -0.39 is 12.2 Å². The van der Waals surface area contributed by atoms with Crippen molar-refractivity contribution < 1.29 is 14.6 Å². The van der Waals surface area contributed by atoms with Crippen LogP contribution in [0.2, 0.25) is 0 Å². The van der Waals surface area contributed by atoms with E-state index in [1.54, 1.807) is 48.5 Å². The van der Waals surface area contributed by atoms with Gasteiger partial charge in [0.05, 0.1) is 18.8 Å². The molecule has 0 spiro atoms. The van der Waals surface area contributed by atoms with Crippen LogP contribution in [-0.2, 0) is 4.74 Å². The topological polar surface area (TPSA) is 78.9 Å². The van der Waals surface area contributed by atoms with Crippen LogP contribution in [0.3, 0.4) is 0 Å². The van der Waals surface area contributed by atoms with Gasteiger partial charge in [-0.25, -0.2) is 4.79 Å². The Morgan fingerprint density at radius 1 is 1.09 bits per heavy atom. The fraction of sp³-hybridized carbons (Fsp3) is 0.176. The maximum Gasteiger partial charge on any atom is 0.414 e. The number of cyclic esters (lactones) is 1. The van der Waals surface area contributed by atoms with Gasteiger partial charge >= 0.3 is 6.09 Å². The maximum atomic E-state index is 11.9. The molecule has 1 aliphatic rings. The first kappa shape index (κ1) is 15.1. The van der Waals surface area contributed by atoms with Gasteiger partial charge in [-0.05, 0) is 36.4 Å². The molecule has 6 nitrogen and oxygen atoms in total. The zero-order chi connectivity index (χ0) is 16.2. The Balaban J connectivity index is 1.77. The molecule has 3 rings (SSSR count). The lowest BCUT2D eigenvalue weighted by Gasteiger charge is -2.13. The number of benzene rings is 1. The number of aliphatic hydroxyl groups excluding tert-OH is 1. The number of nitrogens with one attached hydrogen (secondary N) is 1. The van der Waals surface area contributed by atoms with E-state index in [0.29, 0.717) is 17.9 Å². The summed E-state index contributed by atoms with van der Waals surface area (Å²) in [6.45, 7) is 0.126. The molecule has 0 radical (unpaired) electrons. The van der Waals surface area contributed by atoms with E-state index in [-0.39, 0.29) is 12.0 Å². The molecule has 2 aromatic rings. The molecular formula is C17H16N2O4. The third-order valence-corrected chi connectivity index (χ3v) is 3.53. The normalized spacial score (nSPS) is 17.0. The third kappa shape index (κ3) is 3.32. The summed E-state index contributed by atoms with van der Waals surface area (Å²) in [7, 11) is 0. The Kier molecular flexibility index (Phi) is 4.25. The van der Waals surface area contributed by atoms with E-state index in [0.717, 1.165) is 5.69 Å². The Labute approximate surface area is 132 Å². The monoisotopic (exact) mass is 312 g/mol. The SMILES string of the molecule is O=C1OC(CO)CN1c1ccc(Nc2cccccc2=O)cc1. The van der Waals surface area contributed by atoms with Gasteiger partial charge in [-0.1, -0.05) is 18.2 Å². The van der Waals surface area contributed by atoms with Crippen LogP contribution in [0.5, 0.6) is 0 Å². The molecule has 0 saturated carbocycles. The van der Waals surface area contributed by atoms with Crippen molar-refractivity contribution in [2.75, 3.05) is 23.4 Å². The Morgan fingerprint density at radius 2 is 1.83 bits per heavy atom. The Hall–Kier alpha value is -2.86. The predicted molar refractivity (Wildman–Crippen MR) is 87.1 cm³/mol. The number of carbonyl (C=O) groups excluding carboxylic acids is 1. The van der Waals surface area contributed by atoms with Gasteiger partial charge in [0, 0.05) is 11.4 Å². The fourth-order valence-corrected chi connectivity index (χ4v) is 2.34. The zero-order valence-corrected chi connectivity index (χ0v) is 12.3. The lowest BCUT2D eigenvalue weighted by atomic mass is 10.2. The standard InChI is InChI=1S/C17H16N2O4/c20-11-14-10-19(17(22)23-14)13-8-6-12(7-9-13)18-15-4-2-1-3-5-16(15)21/h1-9,14,20H,10-11H2,(H,18,21). The number of hydrogen-bond acceptors (Lipinski definition) is 5. The van der Waals surface area contributed by atoms with Crippen molar-refractivity contribution in [3.8, 4) is 0 Å². The zero-order valence-electron chi connectivity index (χ0n) is 12.3. The molecule has 1 unspecified atom stereocenters. The highest BCUT2D eigenvalue weighted by Crippen LogP contribution is 2.24. The van der Waals surface area contributed by atoms with E-state index in [9.17, 15) is 9.59 Å². The molecule has 1 heterocycles. The summed E-state index contributed by atoms with van der Waals surface area (Å²) in [6, 6.07) is 15.5. The molecule has 1 saturated heterocycles. The molecule has 1 atom stereocenters. The van der Waals surface area contributed by atoms with Crippen LogP contribution >= 0.6 is 0 Å². The van der Waals surface area contributed by atoms with E-state index in [2.05, 4.69) is 5.32 Å². The number of nitrogens with zero attached hydrogens (tertiary/aromatic N) is 1. The molecular weight excluding hydrogens is 296 g/mol. The van der Waals surface area contributed by atoms with E-state index >= 15 is 0 Å². The van der Waals surface area contributed by atoms with Gasteiger partial charge in [0.15, 0.2) is 0 Å². The van der Waals surface area contributed by atoms with Crippen LogP contribution in [0.1, 0.15) is 0 Å². The smallest absolute Gasteiger partial charge is 0.414 e. The van der Waals surface area contributed by atoms with Gasteiger partial charge < -0.3 is 15.2 Å². The van der Waals surface area contributed by atoms with Crippen LogP contribution in [0.4, 0.5) is 21.9 Å². The first-order valence-electron chi connectivity index (χ1n) is 7.23. The van der Waals surface area contributed by atoms with Gasteiger partial charge in [0.25, 0.3) is 0 Å². The Morgan fingerprint density at radius 3 is 2.52 bits per heavy atom. The number of anilines is 3. The molecule has 1 aliphatic heterocycles. The van der Waals surface area contributed by atoms with Gasteiger partial charge in [0.2, 0.25) is 5.43 Å². The van der Waals surface area contributed by atoms with Crippen LogP contribution in [0.15, 0.2) is 59.4 Å². The fourth-order valence-electron chi connectivity index (χ4n) is 2.34. The minimum Gasteiger partial charge on any atom is -0.441 e. The van der Waals surface area contributed by atoms with E-state index in [1.807, 2.05) is 0 Å². The average molecular weight is 312 g/mol. The second kappa shape index (κ2) is 6.50. The van der Waals surface area contributed by atoms with Gasteiger partial charge in [0.1, 0.15) is 6.10 Å². The van der Waals surface area contributed by atoms with Crippen molar-refractivity contribution in [3.63, 3.8) is 0 Å². The summed E-state index contributed by atoms with van der Waals surface area (Å²) in [5, 5.41) is 12.1. The maximum absolute atomic E-state index is 11.9. The van der Waals surface area contributed by atoms with E-state index in [4.69, 9.17) is 9.84 Å². The number of ether oxygens (including phenoxy) is 1. The lowest BCUT2D eigenvalue weighted by Crippen LogP contribution is -2.25. The molecule has 118 valence electrons. The summed E-state index contributed by atoms with van der Waals surface area (Å²) in [5.41, 5.74) is 1.79. The highest BCUT2D eigenvalue weighted by Gasteiger charge is 2.31. The number of carbonyl (C=O) groups is 1. The molecule has 6 heteroatoms. The van der Waals surface area contributed by atoms with Crippen molar-refractivity contribution in [3.05, 3.63) is 64.8 Å². The summed E-state index contributed by atoms with van der Waals surface area (Å²) >= 11 is 0. The number of aliphatic hydroxyl groups is 1. The minimum absolute atomic E-state index is 0.104. The van der Waals surface area contributed by atoms with Crippen molar-refractivity contribution in [1.29, 1.82) is 0 Å². The van der Waals surface area contributed by atoms with Gasteiger partial charge in [-0.2, -0.15) is 0 Å². The largest absolute Gasteiger partial charge is 0.441 e. The lowest BCUT2D eigenvalue weighted by molar-refractivity contribution is 0.0963. The predicted octanol–water partition coefficient (Wildman–Crippen LogP) is 2.11. The number of hydrogen-bond donors (Lipinski definition) is 2. The summed E-state index contributed by atoms with van der Waals surface area (Å²) in [5.74, 6) is 0. The van der Waals surface area contributed by atoms with Crippen molar-refractivity contribution in [2.45, 2.75) is 6.10 Å². The molecule has 0 aliphatic carbocycles. The summed E-state index contributed by atoms with van der Waals surface area (Å²) in [4.78, 5) is 25.1. The third-order valence-electron chi connectivity index (χ3n) is 3.53. The molecule has 2 aromatic carbocycles. The molecule has 1 fully saturated rings. The molecule has 2 N–H and O–H groups in total. The van der Waals surface area contributed by atoms with Crippen LogP contribution in [0.25, 0.3) is 0 Å². The minimum atomic E-state index is -0.493. The van der Waals surface area contributed by atoms with Crippen molar-refractivity contribution >= 4 is 23.2 Å². The highest BCUT2D eigenvalue weighted by atomic mass is 16.6. The molecule has 1 amide bonds. The number of rotatable bonds is 4.